The first kappa shape index (κ1) is 24.3. The summed E-state index contributed by atoms with van der Waals surface area (Å²) in [5.74, 6) is 0.0764. The number of halogens is 3. The molecule has 14 heteroatoms. The molecule has 1 aliphatic rings. The van der Waals surface area contributed by atoms with Gasteiger partial charge in [-0.05, 0) is 26.9 Å². The molecule has 32 heavy (non-hydrogen) atoms. The number of thiazole rings is 1. The van der Waals surface area contributed by atoms with E-state index >= 15 is 0 Å². The van der Waals surface area contributed by atoms with E-state index in [1.807, 2.05) is 6.07 Å². The summed E-state index contributed by atoms with van der Waals surface area (Å²) in [6, 6.07) is 1.70. The highest BCUT2D eigenvalue weighted by atomic mass is 32.2. The van der Waals surface area contributed by atoms with E-state index < -0.39 is 21.9 Å². The number of rotatable bonds is 6. The highest BCUT2D eigenvalue weighted by Crippen LogP contribution is 2.41. The fourth-order valence-electron chi connectivity index (χ4n) is 3.28. The predicted molar refractivity (Wildman–Crippen MR) is 113 cm³/mol. The molecular weight excluding hydrogens is 467 g/mol. The summed E-state index contributed by atoms with van der Waals surface area (Å²) in [4.78, 5) is 13.5. The van der Waals surface area contributed by atoms with Crippen molar-refractivity contribution in [3.63, 3.8) is 0 Å². The van der Waals surface area contributed by atoms with Gasteiger partial charge in [0.2, 0.25) is 16.0 Å². The first-order chi connectivity index (χ1) is 14.9. The van der Waals surface area contributed by atoms with Gasteiger partial charge in [0.05, 0.1) is 22.9 Å². The van der Waals surface area contributed by atoms with Gasteiger partial charge in [-0.15, -0.1) is 11.3 Å². The molecule has 0 spiro atoms. The minimum absolute atomic E-state index is 0.0764. The number of sulfonamides is 1. The van der Waals surface area contributed by atoms with Crippen molar-refractivity contribution in [2.24, 2.45) is 0 Å². The fourth-order valence-corrected chi connectivity index (χ4v) is 5.36. The van der Waals surface area contributed by atoms with E-state index in [4.69, 9.17) is 0 Å². The average Bonchev–Trinajstić information content (AvgIpc) is 3.11. The molecule has 0 unspecified atom stereocenters. The molecule has 1 N–H and O–H groups in total. The highest BCUT2D eigenvalue weighted by molar-refractivity contribution is 7.88. The lowest BCUT2D eigenvalue weighted by molar-refractivity contribution is -0.140. The highest BCUT2D eigenvalue weighted by Gasteiger charge is 2.39. The van der Waals surface area contributed by atoms with Crippen LogP contribution in [0.25, 0.3) is 10.6 Å². The molecular formula is C18H22F3N7O2S2. The van der Waals surface area contributed by atoms with Crippen molar-refractivity contribution < 1.29 is 21.6 Å². The van der Waals surface area contributed by atoms with Crippen LogP contribution >= 0.6 is 11.3 Å². The predicted octanol–water partition coefficient (Wildman–Crippen LogP) is 2.39. The number of nitrogens with zero attached hydrogens (tertiary/aromatic N) is 6. The van der Waals surface area contributed by atoms with Crippen molar-refractivity contribution in [3.05, 3.63) is 22.5 Å². The summed E-state index contributed by atoms with van der Waals surface area (Å²) in [5.41, 5.74) is -1.30. The summed E-state index contributed by atoms with van der Waals surface area (Å²) in [6.45, 7) is 0.853. The molecule has 1 aliphatic heterocycles. The lowest BCUT2D eigenvalue weighted by atomic mass is 10.1. The van der Waals surface area contributed by atoms with E-state index in [1.165, 1.54) is 10.5 Å². The Bertz CT molecular complexity index is 1120. The Labute approximate surface area is 188 Å². The van der Waals surface area contributed by atoms with Gasteiger partial charge in [0.1, 0.15) is 16.8 Å². The first-order valence-electron chi connectivity index (χ1n) is 9.59. The second-order valence-electron chi connectivity index (χ2n) is 7.67. The number of nitriles is 1. The second-order valence-corrected chi connectivity index (χ2v) is 10.7. The molecule has 0 aromatic carbocycles. The van der Waals surface area contributed by atoms with Gasteiger partial charge < -0.3 is 10.2 Å². The number of anilines is 1. The molecule has 3 rings (SSSR count). The van der Waals surface area contributed by atoms with Crippen LogP contribution in [0.2, 0.25) is 0 Å². The molecule has 0 atom stereocenters. The van der Waals surface area contributed by atoms with Gasteiger partial charge in [0.25, 0.3) is 0 Å². The molecule has 2 aromatic heterocycles. The van der Waals surface area contributed by atoms with E-state index in [0.29, 0.717) is 25.9 Å². The van der Waals surface area contributed by atoms with Crippen LogP contribution in [0.1, 0.15) is 29.1 Å². The Kier molecular flexibility index (Phi) is 7.03. The third kappa shape index (κ3) is 5.71. The summed E-state index contributed by atoms with van der Waals surface area (Å²) in [7, 11) is 0.162. The standard InChI is InChI=1S/C18H22F3N7O2S2/c1-27(2)10-13-25-16(18(19,20)21)15(31-13)14-11(8-22)9-23-17(26-14)24-12-4-6-28(7-5-12)32(3,29)30/h9,12H,4-7,10H2,1-3H3,(H,23,24,26). The summed E-state index contributed by atoms with van der Waals surface area (Å²) >= 11 is 0.840. The second kappa shape index (κ2) is 9.26. The molecule has 0 amide bonds. The summed E-state index contributed by atoms with van der Waals surface area (Å²) in [5, 5.41) is 12.7. The van der Waals surface area contributed by atoms with Crippen molar-refractivity contribution in [2.45, 2.75) is 31.6 Å². The molecule has 0 saturated carbocycles. The van der Waals surface area contributed by atoms with E-state index in [2.05, 4.69) is 20.3 Å². The molecule has 1 fully saturated rings. The van der Waals surface area contributed by atoms with Crippen LogP contribution in [0.15, 0.2) is 6.20 Å². The summed E-state index contributed by atoms with van der Waals surface area (Å²) in [6.07, 6.45) is -1.39. The van der Waals surface area contributed by atoms with E-state index in [1.54, 1.807) is 19.0 Å². The number of aromatic nitrogens is 3. The Hall–Kier alpha value is -2.34. The Balaban J connectivity index is 1.91. The number of alkyl halides is 3. The minimum Gasteiger partial charge on any atom is -0.351 e. The van der Waals surface area contributed by atoms with E-state index in [0.717, 1.165) is 17.6 Å². The third-order valence-electron chi connectivity index (χ3n) is 4.77. The van der Waals surface area contributed by atoms with Crippen molar-refractivity contribution >= 4 is 27.3 Å². The number of piperidine rings is 1. The lowest BCUT2D eigenvalue weighted by Gasteiger charge is -2.30. The number of nitrogens with one attached hydrogen (secondary N) is 1. The number of hydrogen-bond acceptors (Lipinski definition) is 9. The van der Waals surface area contributed by atoms with E-state index in [9.17, 15) is 26.9 Å². The van der Waals surface area contributed by atoms with Crippen molar-refractivity contribution in [1.82, 2.24) is 24.2 Å². The van der Waals surface area contributed by atoms with Crippen LogP contribution in [-0.2, 0) is 22.7 Å². The van der Waals surface area contributed by atoms with Crippen LogP contribution in [0.4, 0.5) is 19.1 Å². The Morgan fingerprint density at radius 3 is 2.50 bits per heavy atom. The smallest absolute Gasteiger partial charge is 0.351 e. The molecule has 3 heterocycles. The zero-order valence-corrected chi connectivity index (χ0v) is 19.3. The minimum atomic E-state index is -4.71. The van der Waals surface area contributed by atoms with Crippen LogP contribution in [0.3, 0.4) is 0 Å². The van der Waals surface area contributed by atoms with Gasteiger partial charge in [-0.3, -0.25) is 0 Å². The molecule has 174 valence electrons. The maximum atomic E-state index is 13.7. The van der Waals surface area contributed by atoms with Crippen LogP contribution in [0.5, 0.6) is 0 Å². The van der Waals surface area contributed by atoms with Gasteiger partial charge in [0.15, 0.2) is 5.69 Å². The zero-order valence-electron chi connectivity index (χ0n) is 17.6. The number of hydrogen-bond donors (Lipinski definition) is 1. The molecule has 9 nitrogen and oxygen atoms in total. The molecule has 0 radical (unpaired) electrons. The quantitative estimate of drug-likeness (QED) is 0.658. The topological polar surface area (TPSA) is 115 Å². The van der Waals surface area contributed by atoms with Crippen LogP contribution in [-0.4, -0.2) is 72.1 Å². The maximum absolute atomic E-state index is 13.7. The van der Waals surface area contributed by atoms with Crippen LogP contribution in [0, 0.1) is 11.3 Å². The fraction of sp³-hybridized carbons (Fsp3) is 0.556. The Morgan fingerprint density at radius 2 is 1.97 bits per heavy atom. The van der Waals surface area contributed by atoms with Crippen molar-refractivity contribution in [3.8, 4) is 16.6 Å². The molecule has 2 aromatic rings. The first-order valence-corrected chi connectivity index (χ1v) is 12.3. The SMILES string of the molecule is CN(C)Cc1nc(C(F)(F)F)c(-c2nc(NC3CCN(S(C)(=O)=O)CC3)ncc2C#N)s1. The zero-order chi connectivity index (χ0) is 23.7. The lowest BCUT2D eigenvalue weighted by Crippen LogP contribution is -2.42. The Morgan fingerprint density at radius 1 is 1.31 bits per heavy atom. The maximum Gasteiger partial charge on any atom is 0.434 e. The molecule has 1 saturated heterocycles. The van der Waals surface area contributed by atoms with Gasteiger partial charge in [-0.2, -0.15) is 18.4 Å². The monoisotopic (exact) mass is 489 g/mol. The van der Waals surface area contributed by atoms with Gasteiger partial charge in [-0.25, -0.2) is 27.7 Å². The summed E-state index contributed by atoms with van der Waals surface area (Å²) < 4.78 is 65.7. The third-order valence-corrected chi connectivity index (χ3v) is 7.12. The van der Waals surface area contributed by atoms with Crippen molar-refractivity contribution in [1.29, 1.82) is 5.26 Å². The van der Waals surface area contributed by atoms with Crippen LogP contribution < -0.4 is 5.32 Å². The largest absolute Gasteiger partial charge is 0.434 e. The normalized spacial score (nSPS) is 16.3. The average molecular weight is 490 g/mol. The van der Waals surface area contributed by atoms with Gasteiger partial charge in [-0.1, -0.05) is 0 Å². The van der Waals surface area contributed by atoms with E-state index in [-0.39, 0.29) is 39.7 Å². The molecule has 0 aliphatic carbocycles. The van der Waals surface area contributed by atoms with Gasteiger partial charge >= 0.3 is 6.18 Å². The van der Waals surface area contributed by atoms with Crippen molar-refractivity contribution in [2.75, 3.05) is 38.8 Å². The van der Waals surface area contributed by atoms with Gasteiger partial charge in [0, 0.05) is 25.7 Å². The molecule has 0 bridgehead atoms.